The van der Waals surface area contributed by atoms with Crippen molar-refractivity contribution in [2.24, 2.45) is 0 Å². The second kappa shape index (κ2) is 6.49. The van der Waals surface area contributed by atoms with Gasteiger partial charge in [0.2, 0.25) is 5.95 Å². The molecule has 0 aliphatic rings. The Morgan fingerprint density at radius 1 is 1.47 bits per heavy atom. The van der Waals surface area contributed by atoms with Gasteiger partial charge in [0.05, 0.1) is 0 Å². The molecule has 1 heterocycles. The van der Waals surface area contributed by atoms with Crippen LogP contribution in [0.2, 0.25) is 5.02 Å². The van der Waals surface area contributed by atoms with E-state index in [-0.39, 0.29) is 5.82 Å². The summed E-state index contributed by atoms with van der Waals surface area (Å²) in [5, 5.41) is 6.66. The summed E-state index contributed by atoms with van der Waals surface area (Å²) in [6, 6.07) is 4.64. The fraction of sp³-hybridized carbons (Fsp3) is 0.167. The molecule has 0 amide bonds. The van der Waals surface area contributed by atoms with Gasteiger partial charge in [-0.15, -0.1) is 0 Å². The molecule has 1 aromatic heterocycles. The van der Waals surface area contributed by atoms with Crippen LogP contribution in [0.3, 0.4) is 0 Å². The SMILES string of the molecule is Fc1cccc(Cl)c1CCNC(=S)Nc1ncc[nH]1. The number of anilines is 1. The summed E-state index contributed by atoms with van der Waals surface area (Å²) in [7, 11) is 0. The number of thiocarbonyl (C=S) groups is 1. The maximum Gasteiger partial charge on any atom is 0.206 e. The van der Waals surface area contributed by atoms with Gasteiger partial charge in [-0.05, 0) is 30.8 Å². The number of aromatic nitrogens is 2. The van der Waals surface area contributed by atoms with Crippen LogP contribution in [0.25, 0.3) is 0 Å². The highest BCUT2D eigenvalue weighted by atomic mass is 35.5. The number of halogens is 2. The number of benzene rings is 1. The van der Waals surface area contributed by atoms with Crippen LogP contribution in [0.4, 0.5) is 10.3 Å². The molecule has 0 radical (unpaired) electrons. The van der Waals surface area contributed by atoms with Gasteiger partial charge in [0.15, 0.2) is 5.11 Å². The minimum absolute atomic E-state index is 0.306. The van der Waals surface area contributed by atoms with E-state index in [1.807, 2.05) is 0 Å². The molecule has 0 fully saturated rings. The molecule has 19 heavy (non-hydrogen) atoms. The first-order valence-corrected chi connectivity index (χ1v) is 6.42. The van der Waals surface area contributed by atoms with Crippen molar-refractivity contribution >= 4 is 34.9 Å². The summed E-state index contributed by atoms with van der Waals surface area (Å²) in [5.74, 6) is 0.251. The molecule has 0 aliphatic heterocycles. The first-order chi connectivity index (χ1) is 9.16. The molecule has 0 atom stereocenters. The van der Waals surface area contributed by atoms with Crippen molar-refractivity contribution in [2.75, 3.05) is 11.9 Å². The Balaban J connectivity index is 1.82. The minimum atomic E-state index is -0.306. The van der Waals surface area contributed by atoms with Crippen LogP contribution >= 0.6 is 23.8 Å². The van der Waals surface area contributed by atoms with Gasteiger partial charge in [0, 0.05) is 29.5 Å². The van der Waals surface area contributed by atoms with Crippen molar-refractivity contribution in [1.82, 2.24) is 15.3 Å². The summed E-state index contributed by atoms with van der Waals surface area (Å²) in [5.41, 5.74) is 0.484. The molecule has 3 N–H and O–H groups in total. The molecular formula is C12H12ClFN4S. The molecule has 2 rings (SSSR count). The lowest BCUT2D eigenvalue weighted by Crippen LogP contribution is -2.30. The molecule has 4 nitrogen and oxygen atoms in total. The Morgan fingerprint density at radius 2 is 2.32 bits per heavy atom. The van der Waals surface area contributed by atoms with Crippen molar-refractivity contribution in [3.63, 3.8) is 0 Å². The van der Waals surface area contributed by atoms with Gasteiger partial charge >= 0.3 is 0 Å². The summed E-state index contributed by atoms with van der Waals surface area (Å²) in [4.78, 5) is 6.84. The van der Waals surface area contributed by atoms with Crippen molar-refractivity contribution in [2.45, 2.75) is 6.42 Å². The average molecular weight is 299 g/mol. The third-order valence-corrected chi connectivity index (χ3v) is 3.05. The third-order valence-electron chi connectivity index (χ3n) is 2.45. The highest BCUT2D eigenvalue weighted by molar-refractivity contribution is 7.80. The molecule has 100 valence electrons. The zero-order chi connectivity index (χ0) is 13.7. The number of H-pyrrole nitrogens is 1. The Morgan fingerprint density at radius 3 is 3.00 bits per heavy atom. The van der Waals surface area contributed by atoms with Crippen molar-refractivity contribution < 1.29 is 4.39 Å². The number of hydrogen-bond acceptors (Lipinski definition) is 2. The Bertz CT molecular complexity index is 539. The van der Waals surface area contributed by atoms with E-state index in [1.165, 1.54) is 6.07 Å². The molecular weight excluding hydrogens is 287 g/mol. The maximum absolute atomic E-state index is 13.5. The Labute approximate surface area is 120 Å². The van der Waals surface area contributed by atoms with Crippen LogP contribution in [0, 0.1) is 5.82 Å². The van der Waals surface area contributed by atoms with Gasteiger partial charge in [-0.1, -0.05) is 17.7 Å². The summed E-state index contributed by atoms with van der Waals surface area (Å²) >= 11 is 11.0. The van der Waals surface area contributed by atoms with Crippen LogP contribution < -0.4 is 10.6 Å². The van der Waals surface area contributed by atoms with Gasteiger partial charge in [-0.2, -0.15) is 0 Å². The Kier molecular flexibility index (Phi) is 4.70. The van der Waals surface area contributed by atoms with Crippen molar-refractivity contribution in [3.05, 3.63) is 47.0 Å². The van der Waals surface area contributed by atoms with E-state index in [1.54, 1.807) is 24.5 Å². The van der Waals surface area contributed by atoms with E-state index >= 15 is 0 Å². The molecule has 7 heteroatoms. The summed E-state index contributed by atoms with van der Waals surface area (Å²) in [6.07, 6.45) is 3.75. The first-order valence-electron chi connectivity index (χ1n) is 5.64. The molecule has 0 spiro atoms. The number of imidazole rings is 1. The van der Waals surface area contributed by atoms with Crippen LogP contribution in [0.15, 0.2) is 30.6 Å². The van der Waals surface area contributed by atoms with Gasteiger partial charge < -0.3 is 15.6 Å². The Hall–Kier alpha value is -1.66. The van der Waals surface area contributed by atoms with E-state index in [4.69, 9.17) is 23.8 Å². The van der Waals surface area contributed by atoms with Crippen molar-refractivity contribution in [3.8, 4) is 0 Å². The van der Waals surface area contributed by atoms with E-state index < -0.39 is 0 Å². The molecule has 0 unspecified atom stereocenters. The highest BCUT2D eigenvalue weighted by Crippen LogP contribution is 2.18. The zero-order valence-corrected chi connectivity index (χ0v) is 11.5. The largest absolute Gasteiger partial charge is 0.362 e. The van der Waals surface area contributed by atoms with Gasteiger partial charge in [-0.25, -0.2) is 9.37 Å². The lowest BCUT2D eigenvalue weighted by molar-refractivity contribution is 0.607. The van der Waals surface area contributed by atoms with Crippen LogP contribution in [0.1, 0.15) is 5.56 Å². The lowest BCUT2D eigenvalue weighted by Gasteiger charge is -2.09. The molecule has 1 aromatic carbocycles. The maximum atomic E-state index is 13.5. The van der Waals surface area contributed by atoms with Crippen molar-refractivity contribution in [1.29, 1.82) is 0 Å². The fourth-order valence-corrected chi connectivity index (χ4v) is 2.01. The number of rotatable bonds is 4. The lowest BCUT2D eigenvalue weighted by atomic mass is 10.1. The van der Waals surface area contributed by atoms with Crippen LogP contribution in [-0.4, -0.2) is 21.6 Å². The summed E-state index contributed by atoms with van der Waals surface area (Å²) in [6.45, 7) is 0.479. The van der Waals surface area contributed by atoms with E-state index in [0.29, 0.717) is 34.6 Å². The predicted molar refractivity (Wildman–Crippen MR) is 77.9 cm³/mol. The second-order valence-corrected chi connectivity index (χ2v) is 4.58. The molecule has 0 aliphatic carbocycles. The van der Waals surface area contributed by atoms with E-state index in [9.17, 15) is 4.39 Å². The van der Waals surface area contributed by atoms with Gasteiger partial charge in [-0.3, -0.25) is 0 Å². The standard InChI is InChI=1S/C12H12ClFN4S/c13-9-2-1-3-10(14)8(9)4-5-17-12(19)18-11-15-6-7-16-11/h1-3,6-7H,4-5H2,(H3,15,16,17,18,19). The smallest absolute Gasteiger partial charge is 0.206 e. The minimum Gasteiger partial charge on any atom is -0.362 e. The second-order valence-electron chi connectivity index (χ2n) is 3.77. The number of aromatic amines is 1. The van der Waals surface area contributed by atoms with Gasteiger partial charge in [0.1, 0.15) is 5.82 Å². The fourth-order valence-electron chi connectivity index (χ4n) is 1.56. The summed E-state index contributed by atoms with van der Waals surface area (Å²) < 4.78 is 13.5. The zero-order valence-electron chi connectivity index (χ0n) is 9.91. The average Bonchev–Trinajstić information content (AvgIpc) is 2.85. The molecule has 0 saturated heterocycles. The topological polar surface area (TPSA) is 52.7 Å². The number of hydrogen-bond donors (Lipinski definition) is 3. The van der Waals surface area contributed by atoms with E-state index in [2.05, 4.69) is 20.6 Å². The highest BCUT2D eigenvalue weighted by Gasteiger charge is 2.06. The quantitative estimate of drug-likeness (QED) is 0.760. The monoisotopic (exact) mass is 298 g/mol. The van der Waals surface area contributed by atoms with Gasteiger partial charge in [0.25, 0.3) is 0 Å². The number of nitrogens with one attached hydrogen (secondary N) is 3. The third kappa shape index (κ3) is 3.90. The van der Waals surface area contributed by atoms with Crippen LogP contribution in [0.5, 0.6) is 0 Å². The number of nitrogens with zero attached hydrogens (tertiary/aromatic N) is 1. The first kappa shape index (κ1) is 13.8. The normalized spacial score (nSPS) is 10.2. The molecule has 0 bridgehead atoms. The molecule has 0 saturated carbocycles. The predicted octanol–water partition coefficient (Wildman–Crippen LogP) is 2.73. The van der Waals surface area contributed by atoms with E-state index in [0.717, 1.165) is 0 Å². The van der Waals surface area contributed by atoms with Crippen LogP contribution in [-0.2, 0) is 6.42 Å². The molecule has 2 aromatic rings.